The Bertz CT molecular complexity index is 326. The average molecular weight is 250 g/mol. The SMILES string of the molecule is N#CCCN(C(=O)CN1CCC(N)CC1)C1CC1. The van der Waals surface area contributed by atoms with Gasteiger partial charge in [0.25, 0.3) is 0 Å². The van der Waals surface area contributed by atoms with Crippen molar-refractivity contribution in [2.24, 2.45) is 5.73 Å². The second-order valence-electron chi connectivity index (χ2n) is 5.34. The largest absolute Gasteiger partial charge is 0.338 e. The fourth-order valence-corrected chi connectivity index (χ4v) is 2.46. The predicted molar refractivity (Wildman–Crippen MR) is 68.6 cm³/mol. The zero-order chi connectivity index (χ0) is 13.0. The fourth-order valence-electron chi connectivity index (χ4n) is 2.46. The highest BCUT2D eigenvalue weighted by Crippen LogP contribution is 2.27. The molecule has 0 radical (unpaired) electrons. The molecule has 0 aromatic heterocycles. The van der Waals surface area contributed by atoms with Gasteiger partial charge in [-0.3, -0.25) is 9.69 Å². The zero-order valence-corrected chi connectivity index (χ0v) is 10.8. The van der Waals surface area contributed by atoms with Crippen molar-refractivity contribution in [3.05, 3.63) is 0 Å². The highest BCUT2D eigenvalue weighted by atomic mass is 16.2. The zero-order valence-electron chi connectivity index (χ0n) is 10.8. The van der Waals surface area contributed by atoms with Crippen LogP contribution in [0.5, 0.6) is 0 Å². The van der Waals surface area contributed by atoms with Crippen molar-refractivity contribution < 1.29 is 4.79 Å². The molecule has 5 heteroatoms. The van der Waals surface area contributed by atoms with E-state index in [1.54, 1.807) is 0 Å². The summed E-state index contributed by atoms with van der Waals surface area (Å²) in [5.74, 6) is 0.184. The number of amides is 1. The van der Waals surface area contributed by atoms with Crippen molar-refractivity contribution in [1.82, 2.24) is 9.80 Å². The maximum absolute atomic E-state index is 12.2. The van der Waals surface area contributed by atoms with Crippen LogP contribution in [0.4, 0.5) is 0 Å². The van der Waals surface area contributed by atoms with Crippen LogP contribution in [-0.2, 0) is 4.79 Å². The first kappa shape index (κ1) is 13.3. The highest BCUT2D eigenvalue weighted by Gasteiger charge is 2.32. The monoisotopic (exact) mass is 250 g/mol. The van der Waals surface area contributed by atoms with Gasteiger partial charge in [-0.25, -0.2) is 0 Å². The quantitative estimate of drug-likeness (QED) is 0.762. The Morgan fingerprint density at radius 1 is 1.33 bits per heavy atom. The highest BCUT2D eigenvalue weighted by molar-refractivity contribution is 5.79. The third kappa shape index (κ3) is 3.69. The Morgan fingerprint density at radius 3 is 2.56 bits per heavy atom. The van der Waals surface area contributed by atoms with Gasteiger partial charge >= 0.3 is 0 Å². The minimum Gasteiger partial charge on any atom is -0.338 e. The van der Waals surface area contributed by atoms with Crippen LogP contribution < -0.4 is 5.73 Å². The molecule has 1 aliphatic heterocycles. The molecule has 1 saturated carbocycles. The molecule has 0 atom stereocenters. The number of nitriles is 1. The Hall–Kier alpha value is -1.12. The summed E-state index contributed by atoms with van der Waals surface area (Å²) < 4.78 is 0. The van der Waals surface area contributed by atoms with Crippen LogP contribution in [0.25, 0.3) is 0 Å². The molecular weight excluding hydrogens is 228 g/mol. The molecule has 1 amide bonds. The van der Waals surface area contributed by atoms with Crippen molar-refractivity contribution >= 4 is 5.91 Å². The third-order valence-corrected chi connectivity index (χ3v) is 3.76. The first-order valence-electron chi connectivity index (χ1n) is 6.85. The van der Waals surface area contributed by atoms with Gasteiger partial charge in [0.1, 0.15) is 0 Å². The molecule has 2 N–H and O–H groups in total. The average Bonchev–Trinajstić information content (AvgIpc) is 3.17. The van der Waals surface area contributed by atoms with Crippen LogP contribution in [-0.4, -0.2) is 54.0 Å². The van der Waals surface area contributed by atoms with E-state index in [1.165, 1.54) is 0 Å². The molecule has 0 spiro atoms. The third-order valence-electron chi connectivity index (χ3n) is 3.76. The summed E-state index contributed by atoms with van der Waals surface area (Å²) in [5, 5.41) is 8.64. The van der Waals surface area contributed by atoms with Crippen LogP contribution in [0.15, 0.2) is 0 Å². The molecule has 5 nitrogen and oxygen atoms in total. The van der Waals surface area contributed by atoms with Crippen LogP contribution >= 0.6 is 0 Å². The molecule has 1 aliphatic carbocycles. The van der Waals surface area contributed by atoms with Crippen LogP contribution in [0.1, 0.15) is 32.1 Å². The lowest BCUT2D eigenvalue weighted by Gasteiger charge is -2.31. The van der Waals surface area contributed by atoms with Crippen molar-refractivity contribution in [1.29, 1.82) is 5.26 Å². The molecule has 2 rings (SSSR count). The molecule has 0 unspecified atom stereocenters. The second-order valence-corrected chi connectivity index (χ2v) is 5.34. The lowest BCUT2D eigenvalue weighted by atomic mass is 10.1. The van der Waals surface area contributed by atoms with Crippen LogP contribution in [0.3, 0.4) is 0 Å². The summed E-state index contributed by atoms with van der Waals surface area (Å²) in [6.07, 6.45) is 4.60. The van der Waals surface area contributed by atoms with Gasteiger partial charge in [-0.1, -0.05) is 0 Å². The number of hydrogen-bond donors (Lipinski definition) is 1. The predicted octanol–water partition coefficient (Wildman–Crippen LogP) is 0.314. The Kier molecular flexibility index (Phi) is 4.56. The van der Waals surface area contributed by atoms with E-state index in [2.05, 4.69) is 11.0 Å². The van der Waals surface area contributed by atoms with Gasteiger partial charge in [-0.05, 0) is 25.7 Å². The van der Waals surface area contributed by atoms with Crippen LogP contribution in [0, 0.1) is 11.3 Å². The van der Waals surface area contributed by atoms with E-state index in [4.69, 9.17) is 11.0 Å². The first-order valence-corrected chi connectivity index (χ1v) is 6.85. The number of piperidine rings is 1. The summed E-state index contributed by atoms with van der Waals surface area (Å²) in [6, 6.07) is 2.82. The Morgan fingerprint density at radius 2 is 2.00 bits per heavy atom. The number of carbonyl (C=O) groups excluding carboxylic acids is 1. The van der Waals surface area contributed by atoms with Gasteiger partial charge in [0.15, 0.2) is 0 Å². The van der Waals surface area contributed by atoms with E-state index in [1.807, 2.05) is 4.90 Å². The van der Waals surface area contributed by atoms with E-state index >= 15 is 0 Å². The van der Waals surface area contributed by atoms with Gasteiger partial charge < -0.3 is 10.6 Å². The molecule has 18 heavy (non-hydrogen) atoms. The van der Waals surface area contributed by atoms with Gasteiger partial charge in [0.2, 0.25) is 5.91 Å². The van der Waals surface area contributed by atoms with Gasteiger partial charge in [0, 0.05) is 31.7 Å². The summed E-state index contributed by atoms with van der Waals surface area (Å²) in [7, 11) is 0. The first-order chi connectivity index (χ1) is 8.70. The van der Waals surface area contributed by atoms with Crippen molar-refractivity contribution in [2.75, 3.05) is 26.2 Å². The van der Waals surface area contributed by atoms with E-state index in [9.17, 15) is 4.79 Å². The maximum Gasteiger partial charge on any atom is 0.237 e. The number of likely N-dealkylation sites (tertiary alicyclic amines) is 1. The molecule has 100 valence electrons. The number of nitrogens with two attached hydrogens (primary N) is 1. The van der Waals surface area contributed by atoms with E-state index < -0.39 is 0 Å². The fraction of sp³-hybridized carbons (Fsp3) is 0.846. The van der Waals surface area contributed by atoms with Gasteiger partial charge in [-0.15, -0.1) is 0 Å². The number of nitrogens with zero attached hydrogens (tertiary/aromatic N) is 3. The van der Waals surface area contributed by atoms with Gasteiger partial charge in [-0.2, -0.15) is 5.26 Å². The summed E-state index contributed by atoms with van der Waals surface area (Å²) in [5.41, 5.74) is 5.85. The molecule has 0 bridgehead atoms. The second kappa shape index (κ2) is 6.17. The van der Waals surface area contributed by atoms with E-state index in [-0.39, 0.29) is 5.91 Å². The summed E-state index contributed by atoms with van der Waals surface area (Å²) in [4.78, 5) is 16.3. The van der Waals surface area contributed by atoms with Crippen molar-refractivity contribution in [3.8, 4) is 6.07 Å². The summed E-state index contributed by atoms with van der Waals surface area (Å²) in [6.45, 7) is 2.93. The normalized spacial score (nSPS) is 21.6. The molecule has 1 saturated heterocycles. The van der Waals surface area contributed by atoms with Crippen molar-refractivity contribution in [3.63, 3.8) is 0 Å². The molecule has 0 aromatic carbocycles. The smallest absolute Gasteiger partial charge is 0.237 e. The van der Waals surface area contributed by atoms with E-state index in [0.717, 1.165) is 38.8 Å². The number of rotatable bonds is 5. The standard InChI is InChI=1S/C13H22N4O/c14-6-1-7-17(12-2-3-12)13(18)10-16-8-4-11(15)5-9-16/h11-12H,1-5,7-10,15H2. The van der Waals surface area contributed by atoms with E-state index in [0.29, 0.717) is 31.6 Å². The van der Waals surface area contributed by atoms with Gasteiger partial charge in [0.05, 0.1) is 19.0 Å². The number of hydrogen-bond acceptors (Lipinski definition) is 4. The maximum atomic E-state index is 12.2. The summed E-state index contributed by atoms with van der Waals surface area (Å²) >= 11 is 0. The molecule has 1 heterocycles. The molecule has 2 aliphatic rings. The lowest BCUT2D eigenvalue weighted by molar-refractivity contribution is -0.133. The molecule has 0 aromatic rings. The Balaban J connectivity index is 1.79. The Labute approximate surface area is 109 Å². The van der Waals surface area contributed by atoms with Crippen LogP contribution in [0.2, 0.25) is 0 Å². The van der Waals surface area contributed by atoms with Crippen molar-refractivity contribution in [2.45, 2.75) is 44.2 Å². The molecule has 2 fully saturated rings. The minimum absolute atomic E-state index is 0.184. The minimum atomic E-state index is 0.184. The molecular formula is C13H22N4O. The topological polar surface area (TPSA) is 73.4 Å². The number of carbonyl (C=O) groups is 1. The lowest BCUT2D eigenvalue weighted by Crippen LogP contribution is -2.46.